The maximum Gasteiger partial charge on any atom is 0.178 e. The minimum absolute atomic E-state index is 0.106. The summed E-state index contributed by atoms with van der Waals surface area (Å²) in [6.45, 7) is 6.26. The molecule has 0 N–H and O–H groups in total. The van der Waals surface area contributed by atoms with Crippen molar-refractivity contribution in [2.75, 3.05) is 36.8 Å². The van der Waals surface area contributed by atoms with E-state index in [2.05, 4.69) is 20.0 Å². The molecule has 0 unspecified atom stereocenters. The van der Waals surface area contributed by atoms with Crippen molar-refractivity contribution < 1.29 is 8.42 Å². The summed E-state index contributed by atoms with van der Waals surface area (Å²) in [5.74, 6) is 1.05. The van der Waals surface area contributed by atoms with Gasteiger partial charge < -0.3 is 9.80 Å². The molecule has 2 aromatic rings. The van der Waals surface area contributed by atoms with Gasteiger partial charge >= 0.3 is 0 Å². The van der Waals surface area contributed by atoms with E-state index in [0.29, 0.717) is 10.9 Å². The molecule has 0 bridgehead atoms. The lowest BCUT2D eigenvalue weighted by Crippen LogP contribution is -2.39. The van der Waals surface area contributed by atoms with Gasteiger partial charge in [0, 0.05) is 24.7 Å². The lowest BCUT2D eigenvalue weighted by atomic mass is 10.1. The highest BCUT2D eigenvalue weighted by atomic mass is 32.2. The van der Waals surface area contributed by atoms with Crippen molar-refractivity contribution in [3.05, 3.63) is 36.4 Å². The summed E-state index contributed by atoms with van der Waals surface area (Å²) in [6, 6.07) is 11.5. The molecule has 0 spiro atoms. The molecule has 4 rings (SSSR count). The van der Waals surface area contributed by atoms with Crippen LogP contribution in [0.25, 0.3) is 11.3 Å². The second-order valence-corrected chi connectivity index (χ2v) is 9.98. The van der Waals surface area contributed by atoms with Crippen molar-refractivity contribution in [2.24, 2.45) is 0 Å². The van der Waals surface area contributed by atoms with Gasteiger partial charge in [-0.3, -0.25) is 0 Å². The van der Waals surface area contributed by atoms with Gasteiger partial charge in [-0.15, -0.1) is 10.2 Å². The third kappa shape index (κ3) is 4.05. The molecule has 0 radical (unpaired) electrons. The van der Waals surface area contributed by atoms with E-state index in [-0.39, 0.29) is 5.75 Å². The van der Waals surface area contributed by atoms with E-state index in [1.807, 2.05) is 12.1 Å². The van der Waals surface area contributed by atoms with Crippen LogP contribution in [-0.2, 0) is 9.84 Å². The molecule has 28 heavy (non-hydrogen) atoms. The van der Waals surface area contributed by atoms with Gasteiger partial charge in [-0.05, 0) is 63.0 Å². The van der Waals surface area contributed by atoms with E-state index in [9.17, 15) is 8.42 Å². The number of hydrogen-bond acceptors (Lipinski definition) is 6. The molecular formula is C21H28N4O2S. The zero-order valence-corrected chi connectivity index (χ0v) is 17.2. The van der Waals surface area contributed by atoms with Crippen LogP contribution in [0.5, 0.6) is 0 Å². The van der Waals surface area contributed by atoms with Crippen LogP contribution in [0.4, 0.5) is 5.82 Å². The molecule has 0 aliphatic carbocycles. The normalized spacial score (nSPS) is 20.8. The van der Waals surface area contributed by atoms with Gasteiger partial charge in [-0.1, -0.05) is 19.1 Å². The average molecular weight is 401 g/mol. The molecule has 150 valence electrons. The van der Waals surface area contributed by atoms with Gasteiger partial charge in [0.15, 0.2) is 15.7 Å². The Morgan fingerprint density at radius 1 is 0.964 bits per heavy atom. The number of nitrogens with zero attached hydrogens (tertiary/aromatic N) is 4. The molecule has 3 heterocycles. The summed E-state index contributed by atoms with van der Waals surface area (Å²) >= 11 is 0. The van der Waals surface area contributed by atoms with E-state index < -0.39 is 9.84 Å². The average Bonchev–Trinajstić information content (AvgIpc) is 3.41. The molecule has 2 saturated heterocycles. The first-order valence-corrected chi connectivity index (χ1v) is 11.9. The number of aromatic nitrogens is 2. The maximum absolute atomic E-state index is 12.0. The van der Waals surface area contributed by atoms with E-state index in [1.54, 1.807) is 31.2 Å². The monoisotopic (exact) mass is 400 g/mol. The second kappa shape index (κ2) is 8.17. The number of likely N-dealkylation sites (tertiary alicyclic amines) is 1. The van der Waals surface area contributed by atoms with Crippen molar-refractivity contribution in [1.29, 1.82) is 0 Å². The van der Waals surface area contributed by atoms with Crippen LogP contribution in [0.1, 0.15) is 32.6 Å². The fraction of sp³-hybridized carbons (Fsp3) is 0.524. The van der Waals surface area contributed by atoms with Crippen LogP contribution in [0.2, 0.25) is 0 Å². The summed E-state index contributed by atoms with van der Waals surface area (Å²) < 4.78 is 23.9. The fourth-order valence-corrected chi connectivity index (χ4v) is 5.11. The highest BCUT2D eigenvalue weighted by Crippen LogP contribution is 2.27. The van der Waals surface area contributed by atoms with E-state index in [1.165, 1.54) is 38.8 Å². The molecular weight excluding hydrogens is 372 g/mol. The first-order valence-electron chi connectivity index (χ1n) is 10.2. The number of anilines is 1. The summed E-state index contributed by atoms with van der Waals surface area (Å²) in [5, 5.41) is 8.91. The summed E-state index contributed by atoms with van der Waals surface area (Å²) in [6.07, 6.45) is 5.06. The SMILES string of the molecule is CCS(=O)(=O)c1ccc(-c2ccc(N3CCC[C@H]3CN3CCCC3)nn2)cc1. The summed E-state index contributed by atoms with van der Waals surface area (Å²) in [4.78, 5) is 5.31. The Bertz CT molecular complexity index is 891. The Balaban J connectivity index is 1.47. The molecule has 2 aliphatic heterocycles. The molecule has 6 nitrogen and oxygen atoms in total. The van der Waals surface area contributed by atoms with Gasteiger partial charge in [0.25, 0.3) is 0 Å². The van der Waals surface area contributed by atoms with Gasteiger partial charge in [-0.2, -0.15) is 0 Å². The van der Waals surface area contributed by atoms with Crippen molar-refractivity contribution in [3.8, 4) is 11.3 Å². The van der Waals surface area contributed by atoms with Gasteiger partial charge in [0.1, 0.15) is 0 Å². The van der Waals surface area contributed by atoms with Gasteiger partial charge in [0.05, 0.1) is 16.3 Å². The predicted molar refractivity (Wildman–Crippen MR) is 111 cm³/mol. The van der Waals surface area contributed by atoms with Crippen LogP contribution in [-0.4, -0.2) is 61.5 Å². The molecule has 7 heteroatoms. The molecule has 0 saturated carbocycles. The van der Waals surface area contributed by atoms with Crippen LogP contribution >= 0.6 is 0 Å². The Labute approximate surface area is 167 Å². The summed E-state index contributed by atoms with van der Waals surface area (Å²) in [7, 11) is -3.18. The molecule has 0 amide bonds. The largest absolute Gasteiger partial charge is 0.351 e. The number of sulfone groups is 1. The molecule has 2 aliphatic rings. The van der Waals surface area contributed by atoms with Crippen LogP contribution in [0, 0.1) is 0 Å². The van der Waals surface area contributed by atoms with Crippen molar-refractivity contribution in [1.82, 2.24) is 15.1 Å². The van der Waals surface area contributed by atoms with Crippen LogP contribution in [0.3, 0.4) is 0 Å². The highest BCUT2D eigenvalue weighted by molar-refractivity contribution is 7.91. The molecule has 2 fully saturated rings. The standard InChI is InChI=1S/C21H28N4O2S/c1-2-28(26,27)19-9-7-17(8-10-19)20-11-12-21(23-22-20)25-15-5-6-18(25)16-24-13-3-4-14-24/h7-12,18H,2-6,13-16H2,1H3/t18-/m0/s1. The quantitative estimate of drug-likeness (QED) is 0.743. The Morgan fingerprint density at radius 2 is 1.71 bits per heavy atom. The summed E-state index contributed by atoms with van der Waals surface area (Å²) in [5.41, 5.74) is 1.64. The zero-order valence-electron chi connectivity index (χ0n) is 16.4. The van der Waals surface area contributed by atoms with Crippen molar-refractivity contribution in [2.45, 2.75) is 43.5 Å². The van der Waals surface area contributed by atoms with Crippen molar-refractivity contribution in [3.63, 3.8) is 0 Å². The van der Waals surface area contributed by atoms with E-state index in [0.717, 1.165) is 30.2 Å². The highest BCUT2D eigenvalue weighted by Gasteiger charge is 2.28. The lowest BCUT2D eigenvalue weighted by Gasteiger charge is -2.29. The predicted octanol–water partition coefficient (Wildman–Crippen LogP) is 3.00. The van der Waals surface area contributed by atoms with Crippen molar-refractivity contribution >= 4 is 15.7 Å². The minimum Gasteiger partial charge on any atom is -0.351 e. The van der Waals surface area contributed by atoms with E-state index >= 15 is 0 Å². The zero-order chi connectivity index (χ0) is 19.6. The molecule has 1 aromatic carbocycles. The van der Waals surface area contributed by atoms with Gasteiger partial charge in [0.2, 0.25) is 0 Å². The topological polar surface area (TPSA) is 66.4 Å². The second-order valence-electron chi connectivity index (χ2n) is 7.70. The Morgan fingerprint density at radius 3 is 2.36 bits per heavy atom. The molecule has 1 atom stereocenters. The lowest BCUT2D eigenvalue weighted by molar-refractivity contribution is 0.313. The first kappa shape index (κ1) is 19.3. The molecule has 1 aromatic heterocycles. The number of rotatable bonds is 6. The first-order chi connectivity index (χ1) is 13.6. The Kier molecular flexibility index (Phi) is 5.64. The third-order valence-electron chi connectivity index (χ3n) is 5.88. The van der Waals surface area contributed by atoms with Crippen LogP contribution < -0.4 is 4.90 Å². The van der Waals surface area contributed by atoms with E-state index in [4.69, 9.17) is 0 Å². The van der Waals surface area contributed by atoms with Crippen LogP contribution in [0.15, 0.2) is 41.3 Å². The smallest absolute Gasteiger partial charge is 0.178 e. The number of benzene rings is 1. The van der Waals surface area contributed by atoms with Gasteiger partial charge in [-0.25, -0.2) is 8.42 Å². The minimum atomic E-state index is -3.18. The maximum atomic E-state index is 12.0. The third-order valence-corrected chi connectivity index (χ3v) is 7.63. The number of hydrogen-bond donors (Lipinski definition) is 0. The Hall–Kier alpha value is -1.99. The fourth-order valence-electron chi connectivity index (χ4n) is 4.22.